The third-order valence-electron chi connectivity index (χ3n) is 4.36. The molecule has 3 rings (SSSR count). The molecule has 0 aliphatic heterocycles. The molecule has 1 amide bonds. The predicted molar refractivity (Wildman–Crippen MR) is 105 cm³/mol. The second kappa shape index (κ2) is 8.61. The number of hydrogen-bond acceptors (Lipinski definition) is 4. The van der Waals surface area contributed by atoms with E-state index in [1.165, 1.54) is 0 Å². The zero-order chi connectivity index (χ0) is 17.0. The standard InChI is InChI=1S/C19H22N2O2S.ClH/c1-23-15-6-10-17(11-7-15)24-16-8-4-14(5-9-16)21-18(22)19(20)12-2-3-13-19;/h4-11H,2-3,12-13,20H2,1H3,(H,21,22);1H. The van der Waals surface area contributed by atoms with Gasteiger partial charge in [0.15, 0.2) is 0 Å². The zero-order valence-corrected chi connectivity index (χ0v) is 15.8. The molecule has 25 heavy (non-hydrogen) atoms. The molecule has 0 spiro atoms. The molecule has 0 bridgehead atoms. The minimum Gasteiger partial charge on any atom is -0.497 e. The topological polar surface area (TPSA) is 64.3 Å². The summed E-state index contributed by atoms with van der Waals surface area (Å²) in [5.74, 6) is 0.774. The van der Waals surface area contributed by atoms with E-state index in [-0.39, 0.29) is 18.3 Å². The molecular formula is C19H23ClN2O2S. The summed E-state index contributed by atoms with van der Waals surface area (Å²) in [5.41, 5.74) is 6.27. The lowest BCUT2D eigenvalue weighted by molar-refractivity contribution is -0.121. The van der Waals surface area contributed by atoms with Gasteiger partial charge >= 0.3 is 0 Å². The number of carbonyl (C=O) groups is 1. The lowest BCUT2D eigenvalue weighted by atomic mass is 9.98. The number of anilines is 1. The molecule has 0 saturated heterocycles. The first kappa shape index (κ1) is 19.6. The van der Waals surface area contributed by atoms with Gasteiger partial charge in [-0.05, 0) is 61.4 Å². The Hall–Kier alpha value is -1.69. The zero-order valence-electron chi connectivity index (χ0n) is 14.2. The minimum atomic E-state index is -0.698. The van der Waals surface area contributed by atoms with Crippen LogP contribution in [0.3, 0.4) is 0 Å². The Bertz CT molecular complexity index is 698. The van der Waals surface area contributed by atoms with Crippen LogP contribution < -0.4 is 15.8 Å². The van der Waals surface area contributed by atoms with Gasteiger partial charge in [0.1, 0.15) is 5.75 Å². The van der Waals surface area contributed by atoms with Crippen LogP contribution in [0.25, 0.3) is 0 Å². The molecule has 0 atom stereocenters. The fourth-order valence-corrected chi connectivity index (χ4v) is 3.69. The first-order valence-electron chi connectivity index (χ1n) is 8.11. The van der Waals surface area contributed by atoms with Crippen molar-refractivity contribution in [2.24, 2.45) is 5.73 Å². The second-order valence-electron chi connectivity index (χ2n) is 6.12. The molecule has 2 aromatic carbocycles. The van der Waals surface area contributed by atoms with Crippen molar-refractivity contribution in [2.45, 2.75) is 41.0 Å². The Balaban J connectivity index is 0.00000225. The molecule has 1 saturated carbocycles. The van der Waals surface area contributed by atoms with Gasteiger partial charge in [-0.1, -0.05) is 24.6 Å². The summed E-state index contributed by atoms with van der Waals surface area (Å²) < 4.78 is 5.16. The lowest BCUT2D eigenvalue weighted by Crippen LogP contribution is -2.48. The fraction of sp³-hybridized carbons (Fsp3) is 0.316. The Kier molecular flexibility index (Phi) is 6.76. The van der Waals surface area contributed by atoms with Crippen LogP contribution in [0.1, 0.15) is 25.7 Å². The average Bonchev–Trinajstić information content (AvgIpc) is 3.05. The van der Waals surface area contributed by atoms with Crippen molar-refractivity contribution in [2.75, 3.05) is 12.4 Å². The van der Waals surface area contributed by atoms with Crippen molar-refractivity contribution < 1.29 is 9.53 Å². The van der Waals surface area contributed by atoms with E-state index in [4.69, 9.17) is 10.5 Å². The number of nitrogens with one attached hydrogen (secondary N) is 1. The first-order valence-corrected chi connectivity index (χ1v) is 8.93. The highest BCUT2D eigenvalue weighted by Crippen LogP contribution is 2.31. The molecule has 0 aromatic heterocycles. The molecule has 134 valence electrons. The fourth-order valence-electron chi connectivity index (χ4n) is 2.87. The van der Waals surface area contributed by atoms with Gasteiger partial charge in [0.2, 0.25) is 5.91 Å². The molecule has 3 N–H and O–H groups in total. The smallest absolute Gasteiger partial charge is 0.244 e. The highest BCUT2D eigenvalue weighted by Gasteiger charge is 2.36. The summed E-state index contributed by atoms with van der Waals surface area (Å²) in [4.78, 5) is 14.6. The van der Waals surface area contributed by atoms with Gasteiger partial charge in [-0.25, -0.2) is 0 Å². The van der Waals surface area contributed by atoms with Crippen LogP contribution >= 0.6 is 24.2 Å². The lowest BCUT2D eigenvalue weighted by Gasteiger charge is -2.22. The van der Waals surface area contributed by atoms with E-state index in [1.54, 1.807) is 18.9 Å². The Morgan fingerprint density at radius 1 is 1.04 bits per heavy atom. The number of halogens is 1. The van der Waals surface area contributed by atoms with E-state index in [0.717, 1.165) is 46.9 Å². The highest BCUT2D eigenvalue weighted by atomic mass is 35.5. The monoisotopic (exact) mass is 378 g/mol. The molecule has 0 radical (unpaired) electrons. The van der Waals surface area contributed by atoms with Crippen molar-refractivity contribution in [1.82, 2.24) is 0 Å². The van der Waals surface area contributed by atoms with Crippen molar-refractivity contribution in [3.63, 3.8) is 0 Å². The van der Waals surface area contributed by atoms with E-state index in [1.807, 2.05) is 48.5 Å². The van der Waals surface area contributed by atoms with Crippen LogP contribution in [-0.4, -0.2) is 18.6 Å². The normalized spacial score (nSPS) is 15.3. The average molecular weight is 379 g/mol. The number of hydrogen-bond donors (Lipinski definition) is 2. The third-order valence-corrected chi connectivity index (χ3v) is 5.37. The van der Waals surface area contributed by atoms with Gasteiger partial charge in [-0.2, -0.15) is 0 Å². The summed E-state index contributed by atoms with van der Waals surface area (Å²) in [6.45, 7) is 0. The van der Waals surface area contributed by atoms with Crippen LogP contribution in [0.5, 0.6) is 5.75 Å². The van der Waals surface area contributed by atoms with E-state index in [9.17, 15) is 4.79 Å². The van der Waals surface area contributed by atoms with Crippen LogP contribution in [0, 0.1) is 0 Å². The summed E-state index contributed by atoms with van der Waals surface area (Å²) in [6, 6.07) is 15.8. The number of benzene rings is 2. The number of nitrogens with two attached hydrogens (primary N) is 1. The maximum Gasteiger partial charge on any atom is 0.244 e. The van der Waals surface area contributed by atoms with Crippen molar-refractivity contribution in [3.8, 4) is 5.75 Å². The van der Waals surface area contributed by atoms with Gasteiger partial charge in [-0.15, -0.1) is 12.4 Å². The Morgan fingerprint density at radius 2 is 1.56 bits per heavy atom. The third kappa shape index (κ3) is 4.91. The van der Waals surface area contributed by atoms with Crippen molar-refractivity contribution in [3.05, 3.63) is 48.5 Å². The molecule has 6 heteroatoms. The largest absolute Gasteiger partial charge is 0.497 e. The summed E-state index contributed by atoms with van der Waals surface area (Å²) >= 11 is 1.67. The van der Waals surface area contributed by atoms with Crippen LogP contribution in [0.15, 0.2) is 58.3 Å². The SMILES string of the molecule is COc1ccc(Sc2ccc(NC(=O)C3(N)CCCC3)cc2)cc1.Cl. The summed E-state index contributed by atoms with van der Waals surface area (Å²) in [5, 5.41) is 2.94. The molecule has 0 heterocycles. The van der Waals surface area contributed by atoms with Crippen LogP contribution in [0.4, 0.5) is 5.69 Å². The van der Waals surface area contributed by atoms with Crippen LogP contribution in [-0.2, 0) is 4.79 Å². The van der Waals surface area contributed by atoms with Crippen molar-refractivity contribution >= 4 is 35.8 Å². The van der Waals surface area contributed by atoms with E-state index in [2.05, 4.69) is 5.32 Å². The summed E-state index contributed by atoms with van der Waals surface area (Å²) in [6.07, 6.45) is 3.59. The number of rotatable bonds is 5. The molecule has 4 nitrogen and oxygen atoms in total. The molecule has 1 fully saturated rings. The summed E-state index contributed by atoms with van der Waals surface area (Å²) in [7, 11) is 1.66. The Morgan fingerprint density at radius 3 is 2.08 bits per heavy atom. The number of ether oxygens (including phenoxy) is 1. The van der Waals surface area contributed by atoms with Gasteiger partial charge < -0.3 is 15.8 Å². The number of carbonyl (C=O) groups excluding carboxylic acids is 1. The number of amides is 1. The maximum absolute atomic E-state index is 12.3. The molecular weight excluding hydrogens is 356 g/mol. The van der Waals surface area contributed by atoms with E-state index >= 15 is 0 Å². The minimum absolute atomic E-state index is 0. The van der Waals surface area contributed by atoms with Crippen molar-refractivity contribution in [1.29, 1.82) is 0 Å². The van der Waals surface area contributed by atoms with Gasteiger partial charge in [0.25, 0.3) is 0 Å². The first-order chi connectivity index (χ1) is 11.6. The quantitative estimate of drug-likeness (QED) is 0.805. The van der Waals surface area contributed by atoms with E-state index < -0.39 is 5.54 Å². The maximum atomic E-state index is 12.3. The predicted octanol–water partition coefficient (Wildman–Crippen LogP) is 4.48. The van der Waals surface area contributed by atoms with Gasteiger partial charge in [0, 0.05) is 15.5 Å². The molecule has 1 aliphatic carbocycles. The Labute approximate surface area is 158 Å². The molecule has 0 unspecified atom stereocenters. The van der Waals surface area contributed by atoms with Gasteiger partial charge in [-0.3, -0.25) is 4.79 Å². The van der Waals surface area contributed by atoms with Gasteiger partial charge in [0.05, 0.1) is 12.6 Å². The number of methoxy groups -OCH3 is 1. The van der Waals surface area contributed by atoms with Crippen LogP contribution in [0.2, 0.25) is 0 Å². The molecule has 1 aliphatic rings. The van der Waals surface area contributed by atoms with E-state index in [0.29, 0.717) is 0 Å². The second-order valence-corrected chi connectivity index (χ2v) is 7.27. The highest BCUT2D eigenvalue weighted by molar-refractivity contribution is 7.99. The molecule has 2 aromatic rings.